The molecule has 0 radical (unpaired) electrons. The second kappa shape index (κ2) is 7.14. The van der Waals surface area contributed by atoms with Crippen LogP contribution in [0.3, 0.4) is 0 Å². The second-order valence-corrected chi connectivity index (χ2v) is 6.65. The van der Waals surface area contributed by atoms with Gasteiger partial charge in [0.2, 0.25) is 6.79 Å². The number of ether oxygens (including phenoxy) is 2. The largest absolute Gasteiger partial charge is 0.454 e. The molecule has 2 atom stereocenters. The Bertz CT molecular complexity index is 724. The zero-order valence-corrected chi connectivity index (χ0v) is 14.2. The first-order chi connectivity index (χ1) is 11.6. The van der Waals surface area contributed by atoms with E-state index in [2.05, 4.69) is 12.2 Å². The van der Waals surface area contributed by atoms with Gasteiger partial charge in [-0.2, -0.15) is 5.26 Å². The van der Waals surface area contributed by atoms with Crippen molar-refractivity contribution in [1.82, 2.24) is 5.32 Å². The van der Waals surface area contributed by atoms with Gasteiger partial charge in [0, 0.05) is 12.1 Å². The van der Waals surface area contributed by atoms with Crippen LogP contribution in [0.1, 0.15) is 38.2 Å². The molecule has 0 aromatic heterocycles. The van der Waals surface area contributed by atoms with Crippen molar-refractivity contribution in [3.05, 3.63) is 28.3 Å². The van der Waals surface area contributed by atoms with Crippen molar-refractivity contribution >= 4 is 23.6 Å². The van der Waals surface area contributed by atoms with Crippen LogP contribution in [0, 0.1) is 17.2 Å². The van der Waals surface area contributed by atoms with Gasteiger partial charge in [-0.05, 0) is 36.5 Å². The van der Waals surface area contributed by atoms with Crippen LogP contribution in [0.2, 0.25) is 5.02 Å². The molecule has 1 aromatic carbocycles. The van der Waals surface area contributed by atoms with E-state index >= 15 is 0 Å². The van der Waals surface area contributed by atoms with Crippen LogP contribution in [-0.4, -0.2) is 18.7 Å². The summed E-state index contributed by atoms with van der Waals surface area (Å²) < 4.78 is 10.6. The summed E-state index contributed by atoms with van der Waals surface area (Å²) in [6.07, 6.45) is 5.85. The minimum Gasteiger partial charge on any atom is -0.454 e. The molecule has 126 valence electrons. The molecule has 3 rings (SSSR count). The second-order valence-electron chi connectivity index (χ2n) is 6.24. The smallest absolute Gasteiger partial charge is 0.262 e. The molecule has 1 N–H and O–H groups in total. The van der Waals surface area contributed by atoms with Crippen molar-refractivity contribution in [3.63, 3.8) is 0 Å². The van der Waals surface area contributed by atoms with E-state index in [0.29, 0.717) is 28.0 Å². The third-order valence-corrected chi connectivity index (χ3v) is 4.91. The highest BCUT2D eigenvalue weighted by Gasteiger charge is 2.24. The number of carbonyl (C=O) groups is 1. The molecule has 1 amide bonds. The maximum absolute atomic E-state index is 12.4. The van der Waals surface area contributed by atoms with E-state index in [9.17, 15) is 10.1 Å². The van der Waals surface area contributed by atoms with Crippen LogP contribution in [0.5, 0.6) is 11.5 Å². The molecule has 1 aliphatic carbocycles. The summed E-state index contributed by atoms with van der Waals surface area (Å²) in [6, 6.07) is 5.40. The summed E-state index contributed by atoms with van der Waals surface area (Å²) in [5.41, 5.74) is 0.595. The molecular weight excluding hydrogens is 328 g/mol. The van der Waals surface area contributed by atoms with E-state index < -0.39 is 0 Å². The highest BCUT2D eigenvalue weighted by atomic mass is 35.5. The Morgan fingerprint density at radius 1 is 1.33 bits per heavy atom. The molecule has 5 nitrogen and oxygen atoms in total. The van der Waals surface area contributed by atoms with Crippen LogP contribution < -0.4 is 14.8 Å². The molecule has 1 aliphatic heterocycles. The van der Waals surface area contributed by atoms with Gasteiger partial charge in [0.15, 0.2) is 11.5 Å². The van der Waals surface area contributed by atoms with E-state index in [-0.39, 0.29) is 24.3 Å². The van der Waals surface area contributed by atoms with Crippen molar-refractivity contribution in [3.8, 4) is 17.6 Å². The molecule has 0 spiro atoms. The third kappa shape index (κ3) is 3.49. The van der Waals surface area contributed by atoms with Crippen molar-refractivity contribution in [2.24, 2.45) is 5.92 Å². The van der Waals surface area contributed by atoms with Gasteiger partial charge in [-0.1, -0.05) is 31.4 Å². The van der Waals surface area contributed by atoms with Crippen LogP contribution in [0.15, 0.2) is 17.7 Å². The highest BCUT2D eigenvalue weighted by Crippen LogP contribution is 2.37. The zero-order chi connectivity index (χ0) is 17.1. The number of nitrogens with one attached hydrogen (secondary N) is 1. The first kappa shape index (κ1) is 16.7. The zero-order valence-electron chi connectivity index (χ0n) is 13.5. The van der Waals surface area contributed by atoms with E-state index in [1.54, 1.807) is 12.1 Å². The number of amides is 1. The minimum absolute atomic E-state index is 0.0357. The third-order valence-electron chi connectivity index (χ3n) is 4.58. The molecule has 1 fully saturated rings. The standard InChI is InChI=1S/C18H19ClN2O3/c1-11-4-2-3-5-15(11)21-18(22)13(9-20)6-12-7-16-17(8-14(12)19)24-10-23-16/h6-8,11,15H,2-5,10H2,1H3,(H,21,22)/b13-6+/t11-,15+/m0/s1. The van der Waals surface area contributed by atoms with Gasteiger partial charge < -0.3 is 14.8 Å². The van der Waals surface area contributed by atoms with E-state index in [0.717, 1.165) is 19.3 Å². The summed E-state index contributed by atoms with van der Waals surface area (Å²) in [6.45, 7) is 2.28. The Morgan fingerprint density at radius 2 is 2.04 bits per heavy atom. The topological polar surface area (TPSA) is 71.4 Å². The number of fused-ring (bicyclic) bond motifs is 1. The van der Waals surface area contributed by atoms with Crippen molar-refractivity contribution in [2.75, 3.05) is 6.79 Å². The lowest BCUT2D eigenvalue weighted by Gasteiger charge is -2.29. The minimum atomic E-state index is -0.356. The molecule has 1 heterocycles. The van der Waals surface area contributed by atoms with Gasteiger partial charge >= 0.3 is 0 Å². The number of rotatable bonds is 3. The highest BCUT2D eigenvalue weighted by molar-refractivity contribution is 6.32. The van der Waals surface area contributed by atoms with Gasteiger partial charge in [-0.15, -0.1) is 0 Å². The molecule has 1 saturated carbocycles. The number of benzene rings is 1. The van der Waals surface area contributed by atoms with E-state index in [4.69, 9.17) is 21.1 Å². The fourth-order valence-corrected chi connectivity index (χ4v) is 3.33. The monoisotopic (exact) mass is 346 g/mol. The average molecular weight is 347 g/mol. The molecule has 2 aliphatic rings. The van der Waals surface area contributed by atoms with Gasteiger partial charge in [0.05, 0.1) is 5.02 Å². The molecule has 0 saturated heterocycles. The number of hydrogen-bond acceptors (Lipinski definition) is 4. The molecule has 0 bridgehead atoms. The molecule has 0 unspecified atom stereocenters. The number of nitriles is 1. The van der Waals surface area contributed by atoms with E-state index in [1.165, 1.54) is 12.5 Å². The van der Waals surface area contributed by atoms with Crippen molar-refractivity contribution < 1.29 is 14.3 Å². The number of nitrogens with zero attached hydrogens (tertiary/aromatic N) is 1. The summed E-state index contributed by atoms with van der Waals surface area (Å²) >= 11 is 6.21. The Kier molecular flexibility index (Phi) is 4.96. The van der Waals surface area contributed by atoms with Gasteiger partial charge in [-0.25, -0.2) is 0 Å². The number of hydrogen-bond donors (Lipinski definition) is 1. The summed E-state index contributed by atoms with van der Waals surface area (Å²) in [5, 5.41) is 12.8. The van der Waals surface area contributed by atoms with E-state index in [1.807, 2.05) is 6.07 Å². The van der Waals surface area contributed by atoms with Gasteiger partial charge in [0.1, 0.15) is 11.6 Å². The van der Waals surface area contributed by atoms with Crippen LogP contribution in [-0.2, 0) is 4.79 Å². The van der Waals surface area contributed by atoms with Crippen molar-refractivity contribution in [2.45, 2.75) is 38.6 Å². The Labute approximate surface area is 146 Å². The fraction of sp³-hybridized carbons (Fsp3) is 0.444. The summed E-state index contributed by atoms with van der Waals surface area (Å²) in [7, 11) is 0. The van der Waals surface area contributed by atoms with Gasteiger partial charge in [-0.3, -0.25) is 4.79 Å². The predicted octanol–water partition coefficient (Wildman–Crippen LogP) is 3.67. The molecule has 6 heteroatoms. The maximum atomic E-state index is 12.4. The molecular formula is C18H19ClN2O3. The Morgan fingerprint density at radius 3 is 2.75 bits per heavy atom. The number of halogens is 1. The molecule has 24 heavy (non-hydrogen) atoms. The fourth-order valence-electron chi connectivity index (χ4n) is 3.12. The summed E-state index contributed by atoms with van der Waals surface area (Å²) in [5.74, 6) is 1.20. The lowest BCUT2D eigenvalue weighted by molar-refractivity contribution is -0.118. The lowest BCUT2D eigenvalue weighted by atomic mass is 9.86. The quantitative estimate of drug-likeness (QED) is 0.669. The van der Waals surface area contributed by atoms with Crippen LogP contribution in [0.4, 0.5) is 0 Å². The average Bonchev–Trinajstić information content (AvgIpc) is 3.01. The first-order valence-electron chi connectivity index (χ1n) is 8.10. The number of carbonyl (C=O) groups excluding carboxylic acids is 1. The lowest BCUT2D eigenvalue weighted by Crippen LogP contribution is -2.41. The SMILES string of the molecule is C[C@H]1CCCC[C@H]1NC(=O)/C(C#N)=C/c1cc2c(cc1Cl)OCO2. The Balaban J connectivity index is 1.79. The summed E-state index contributed by atoms with van der Waals surface area (Å²) in [4.78, 5) is 12.4. The van der Waals surface area contributed by atoms with Crippen LogP contribution in [0.25, 0.3) is 6.08 Å². The normalized spacial score (nSPS) is 22.8. The molecule has 1 aromatic rings. The van der Waals surface area contributed by atoms with Gasteiger partial charge in [0.25, 0.3) is 5.91 Å². The predicted molar refractivity (Wildman–Crippen MR) is 90.7 cm³/mol. The van der Waals surface area contributed by atoms with Crippen molar-refractivity contribution in [1.29, 1.82) is 5.26 Å². The Hall–Kier alpha value is -2.19. The maximum Gasteiger partial charge on any atom is 0.262 e. The first-order valence-corrected chi connectivity index (χ1v) is 8.48. The van der Waals surface area contributed by atoms with Crippen LogP contribution >= 0.6 is 11.6 Å².